The first kappa shape index (κ1) is 15.9. The average molecular weight is 259 g/mol. The number of hydrogen-bond acceptors (Lipinski definition) is 1. The summed E-state index contributed by atoms with van der Waals surface area (Å²) in [6, 6.07) is 4.32. The maximum Gasteiger partial charge on any atom is 0.0403 e. The van der Waals surface area contributed by atoms with E-state index < -0.39 is 0 Å². The zero-order chi connectivity index (χ0) is 13.8. The van der Waals surface area contributed by atoms with E-state index >= 15 is 0 Å². The molecule has 1 aromatic heterocycles. The minimum absolute atomic E-state index is 1.14. The van der Waals surface area contributed by atoms with Gasteiger partial charge < -0.3 is 0 Å². The fourth-order valence-electron chi connectivity index (χ4n) is 2.30. The van der Waals surface area contributed by atoms with E-state index in [4.69, 9.17) is 0 Å². The molecule has 1 rings (SSSR count). The van der Waals surface area contributed by atoms with Crippen LogP contribution in [0, 0.1) is 6.92 Å². The monoisotopic (exact) mass is 259 g/mol. The van der Waals surface area contributed by atoms with Crippen molar-refractivity contribution in [1.29, 1.82) is 0 Å². The summed E-state index contributed by atoms with van der Waals surface area (Å²) in [7, 11) is 0. The van der Waals surface area contributed by atoms with Crippen molar-refractivity contribution in [1.82, 2.24) is 4.98 Å². The molecule has 0 spiro atoms. The van der Waals surface area contributed by atoms with Gasteiger partial charge in [-0.3, -0.25) is 4.98 Å². The minimum Gasteiger partial charge on any atom is -0.261 e. The van der Waals surface area contributed by atoms with Crippen LogP contribution in [-0.2, 0) is 6.42 Å². The molecule has 0 amide bonds. The highest BCUT2D eigenvalue weighted by Crippen LogP contribution is 2.11. The molecule has 19 heavy (non-hydrogen) atoms. The van der Waals surface area contributed by atoms with Crippen LogP contribution in [0.4, 0.5) is 0 Å². The Bertz CT molecular complexity index is 326. The highest BCUT2D eigenvalue weighted by atomic mass is 14.7. The SMILES string of the molecule is C=CCCCCCCCCCCc1ccc(C)cn1. The Labute approximate surface area is 119 Å². The summed E-state index contributed by atoms with van der Waals surface area (Å²) in [5, 5.41) is 0. The van der Waals surface area contributed by atoms with Crippen LogP contribution in [0.3, 0.4) is 0 Å². The second-order valence-corrected chi connectivity index (χ2v) is 5.48. The zero-order valence-electron chi connectivity index (χ0n) is 12.5. The second kappa shape index (κ2) is 10.8. The van der Waals surface area contributed by atoms with Crippen LogP contribution in [0.2, 0.25) is 0 Å². The standard InChI is InChI=1S/C18H29N/c1-3-4-5-6-7-8-9-10-11-12-13-18-15-14-17(2)16-19-18/h3,14-16H,1,4-13H2,2H3. The molecule has 0 saturated carbocycles. The number of allylic oxidation sites excluding steroid dienone is 1. The molecule has 0 unspecified atom stereocenters. The third-order valence-corrected chi connectivity index (χ3v) is 3.56. The molecular weight excluding hydrogens is 230 g/mol. The lowest BCUT2D eigenvalue weighted by atomic mass is 10.1. The van der Waals surface area contributed by atoms with Crippen LogP contribution >= 0.6 is 0 Å². The molecule has 0 aliphatic heterocycles. The lowest BCUT2D eigenvalue weighted by Crippen LogP contribution is -1.90. The highest BCUT2D eigenvalue weighted by molar-refractivity contribution is 5.12. The van der Waals surface area contributed by atoms with Gasteiger partial charge in [-0.1, -0.05) is 50.7 Å². The van der Waals surface area contributed by atoms with Crippen LogP contribution < -0.4 is 0 Å². The number of rotatable bonds is 11. The lowest BCUT2D eigenvalue weighted by Gasteiger charge is -2.02. The van der Waals surface area contributed by atoms with E-state index in [9.17, 15) is 0 Å². The maximum absolute atomic E-state index is 4.45. The smallest absolute Gasteiger partial charge is 0.0403 e. The predicted molar refractivity (Wildman–Crippen MR) is 84.4 cm³/mol. The van der Waals surface area contributed by atoms with Crippen molar-refractivity contribution in [2.45, 2.75) is 71.1 Å². The molecule has 0 N–H and O–H groups in total. The number of aromatic nitrogens is 1. The minimum atomic E-state index is 1.14. The van der Waals surface area contributed by atoms with Crippen LogP contribution in [0.5, 0.6) is 0 Å². The van der Waals surface area contributed by atoms with Gasteiger partial charge in [0.2, 0.25) is 0 Å². The Morgan fingerprint density at radius 2 is 1.58 bits per heavy atom. The van der Waals surface area contributed by atoms with E-state index in [1.54, 1.807) is 0 Å². The molecule has 0 atom stereocenters. The Morgan fingerprint density at radius 3 is 2.16 bits per heavy atom. The van der Waals surface area contributed by atoms with Crippen molar-refractivity contribution >= 4 is 0 Å². The van der Waals surface area contributed by atoms with Gasteiger partial charge in [-0.2, -0.15) is 0 Å². The van der Waals surface area contributed by atoms with Crippen molar-refractivity contribution in [3.05, 3.63) is 42.2 Å². The second-order valence-electron chi connectivity index (χ2n) is 5.48. The summed E-state index contributed by atoms with van der Waals surface area (Å²) in [6.45, 7) is 5.84. The molecule has 1 aromatic rings. The summed E-state index contributed by atoms with van der Waals surface area (Å²) in [4.78, 5) is 4.45. The summed E-state index contributed by atoms with van der Waals surface area (Å²) in [5.74, 6) is 0. The van der Waals surface area contributed by atoms with E-state index in [1.807, 2.05) is 12.3 Å². The predicted octanol–water partition coefficient (Wildman–Crippen LogP) is 5.63. The van der Waals surface area contributed by atoms with E-state index in [2.05, 4.69) is 30.6 Å². The molecular formula is C18H29N. The Balaban J connectivity index is 1.88. The molecule has 1 nitrogen and oxygen atoms in total. The van der Waals surface area contributed by atoms with Gasteiger partial charge in [-0.15, -0.1) is 6.58 Å². The molecule has 0 bridgehead atoms. The largest absolute Gasteiger partial charge is 0.261 e. The first-order chi connectivity index (χ1) is 9.33. The third-order valence-electron chi connectivity index (χ3n) is 3.56. The Morgan fingerprint density at radius 1 is 0.947 bits per heavy atom. The van der Waals surface area contributed by atoms with Crippen LogP contribution in [0.25, 0.3) is 0 Å². The van der Waals surface area contributed by atoms with Crippen molar-refractivity contribution in [2.75, 3.05) is 0 Å². The van der Waals surface area contributed by atoms with Gasteiger partial charge in [-0.05, 0) is 44.2 Å². The molecule has 0 radical (unpaired) electrons. The van der Waals surface area contributed by atoms with Gasteiger partial charge in [0, 0.05) is 11.9 Å². The Hall–Kier alpha value is -1.11. The first-order valence-corrected chi connectivity index (χ1v) is 7.85. The van der Waals surface area contributed by atoms with Crippen molar-refractivity contribution in [3.8, 4) is 0 Å². The molecule has 0 aliphatic carbocycles. The van der Waals surface area contributed by atoms with E-state index in [0.29, 0.717) is 0 Å². The summed E-state index contributed by atoms with van der Waals surface area (Å²) in [6.07, 6.45) is 17.2. The summed E-state index contributed by atoms with van der Waals surface area (Å²) in [5.41, 5.74) is 2.50. The van der Waals surface area contributed by atoms with Gasteiger partial charge in [0.25, 0.3) is 0 Å². The normalized spacial score (nSPS) is 10.6. The van der Waals surface area contributed by atoms with Gasteiger partial charge in [0.05, 0.1) is 0 Å². The van der Waals surface area contributed by atoms with Crippen LogP contribution in [-0.4, -0.2) is 4.98 Å². The molecule has 0 aromatic carbocycles. The zero-order valence-corrected chi connectivity index (χ0v) is 12.5. The van der Waals surface area contributed by atoms with E-state index in [0.717, 1.165) is 6.42 Å². The van der Waals surface area contributed by atoms with Crippen LogP contribution in [0.15, 0.2) is 31.0 Å². The fraction of sp³-hybridized carbons (Fsp3) is 0.611. The number of hydrogen-bond donors (Lipinski definition) is 0. The van der Waals surface area contributed by atoms with E-state index in [1.165, 1.54) is 69.0 Å². The molecule has 0 saturated heterocycles. The van der Waals surface area contributed by atoms with Crippen molar-refractivity contribution < 1.29 is 0 Å². The maximum atomic E-state index is 4.45. The van der Waals surface area contributed by atoms with Gasteiger partial charge in [0.1, 0.15) is 0 Å². The molecule has 0 aliphatic rings. The summed E-state index contributed by atoms with van der Waals surface area (Å²) < 4.78 is 0. The lowest BCUT2D eigenvalue weighted by molar-refractivity contribution is 0.568. The third kappa shape index (κ3) is 8.58. The quantitative estimate of drug-likeness (QED) is 0.371. The average Bonchev–Trinajstić information content (AvgIpc) is 2.43. The van der Waals surface area contributed by atoms with E-state index in [-0.39, 0.29) is 0 Å². The van der Waals surface area contributed by atoms with Crippen molar-refractivity contribution in [2.24, 2.45) is 0 Å². The number of pyridine rings is 1. The molecule has 1 heterocycles. The Kier molecular flexibility index (Phi) is 9.05. The number of aryl methyl sites for hydroxylation is 2. The molecule has 1 heteroatoms. The topological polar surface area (TPSA) is 12.9 Å². The first-order valence-electron chi connectivity index (χ1n) is 7.85. The number of nitrogens with zero attached hydrogens (tertiary/aromatic N) is 1. The number of unbranched alkanes of at least 4 members (excludes halogenated alkanes) is 8. The highest BCUT2D eigenvalue weighted by Gasteiger charge is 1.95. The van der Waals surface area contributed by atoms with Crippen LogP contribution in [0.1, 0.15) is 69.0 Å². The van der Waals surface area contributed by atoms with Gasteiger partial charge in [0.15, 0.2) is 0 Å². The summed E-state index contributed by atoms with van der Waals surface area (Å²) >= 11 is 0. The fourth-order valence-corrected chi connectivity index (χ4v) is 2.30. The van der Waals surface area contributed by atoms with Crippen molar-refractivity contribution in [3.63, 3.8) is 0 Å². The van der Waals surface area contributed by atoms with Gasteiger partial charge in [-0.25, -0.2) is 0 Å². The molecule has 0 fully saturated rings. The van der Waals surface area contributed by atoms with Gasteiger partial charge >= 0.3 is 0 Å². The molecule has 106 valence electrons.